The van der Waals surface area contributed by atoms with Crippen LogP contribution >= 0.6 is 11.8 Å². The lowest BCUT2D eigenvalue weighted by Gasteiger charge is -2.14. The topological polar surface area (TPSA) is 26.0 Å². The zero-order valence-corrected chi connectivity index (χ0v) is 10.5. The highest BCUT2D eigenvalue weighted by molar-refractivity contribution is 7.99. The molecule has 0 aromatic heterocycles. The molecule has 2 rings (SSSR count). The molecule has 94 valence electrons. The summed E-state index contributed by atoms with van der Waals surface area (Å²) >= 11 is 1.50. The van der Waals surface area contributed by atoms with Crippen molar-refractivity contribution in [2.45, 2.75) is 10.1 Å². The van der Waals surface area contributed by atoms with Crippen molar-refractivity contribution in [1.82, 2.24) is 0 Å². The Kier molecular flexibility index (Phi) is 4.33. The van der Waals surface area contributed by atoms with Crippen molar-refractivity contribution in [1.29, 1.82) is 0 Å². The van der Waals surface area contributed by atoms with Gasteiger partial charge >= 0.3 is 0 Å². The largest absolute Gasteiger partial charge is 0.329 e. The van der Waals surface area contributed by atoms with Crippen LogP contribution in [0.25, 0.3) is 0 Å². The van der Waals surface area contributed by atoms with Crippen LogP contribution in [0.3, 0.4) is 0 Å². The zero-order chi connectivity index (χ0) is 13.0. The maximum Gasteiger partial charge on any atom is 0.123 e. The van der Waals surface area contributed by atoms with E-state index in [4.69, 9.17) is 5.73 Å². The average molecular weight is 265 g/mol. The van der Waals surface area contributed by atoms with Crippen LogP contribution in [0.15, 0.2) is 53.4 Å². The molecule has 0 saturated carbocycles. The first kappa shape index (κ1) is 13.1. The third-order valence-electron chi connectivity index (χ3n) is 2.53. The van der Waals surface area contributed by atoms with E-state index >= 15 is 0 Å². The zero-order valence-electron chi connectivity index (χ0n) is 9.64. The second-order valence-corrected chi connectivity index (χ2v) is 5.13. The minimum absolute atomic E-state index is 0.0360. The fraction of sp³-hybridized carbons (Fsp3) is 0.143. The number of rotatable bonds is 4. The number of hydrogen-bond acceptors (Lipinski definition) is 2. The van der Waals surface area contributed by atoms with Crippen molar-refractivity contribution in [2.24, 2.45) is 5.73 Å². The average Bonchev–Trinajstić information content (AvgIpc) is 2.38. The van der Waals surface area contributed by atoms with E-state index in [0.29, 0.717) is 6.54 Å². The first-order chi connectivity index (χ1) is 8.69. The summed E-state index contributed by atoms with van der Waals surface area (Å²) in [4.78, 5) is 0.913. The molecule has 0 heterocycles. The molecule has 2 aromatic rings. The number of nitrogens with two attached hydrogens (primary N) is 1. The molecule has 4 heteroatoms. The second kappa shape index (κ2) is 5.98. The Balaban J connectivity index is 2.17. The van der Waals surface area contributed by atoms with Crippen LogP contribution < -0.4 is 5.73 Å². The molecule has 0 radical (unpaired) electrons. The van der Waals surface area contributed by atoms with Crippen molar-refractivity contribution in [3.8, 4) is 0 Å². The fourth-order valence-electron chi connectivity index (χ4n) is 1.64. The van der Waals surface area contributed by atoms with Gasteiger partial charge in [0.25, 0.3) is 0 Å². The van der Waals surface area contributed by atoms with Gasteiger partial charge in [0.1, 0.15) is 11.6 Å². The maximum absolute atomic E-state index is 13.2. The predicted molar refractivity (Wildman–Crippen MR) is 70.5 cm³/mol. The van der Waals surface area contributed by atoms with Crippen molar-refractivity contribution in [2.75, 3.05) is 6.54 Å². The van der Waals surface area contributed by atoms with Gasteiger partial charge in [0.2, 0.25) is 0 Å². The lowest BCUT2D eigenvalue weighted by atomic mass is 10.1. The van der Waals surface area contributed by atoms with E-state index in [0.717, 1.165) is 10.5 Å². The van der Waals surface area contributed by atoms with E-state index in [9.17, 15) is 8.78 Å². The van der Waals surface area contributed by atoms with E-state index in [1.165, 1.54) is 36.0 Å². The van der Waals surface area contributed by atoms with Gasteiger partial charge in [-0.05, 0) is 42.0 Å². The van der Waals surface area contributed by atoms with Crippen LogP contribution in [0, 0.1) is 11.6 Å². The van der Waals surface area contributed by atoms with Gasteiger partial charge in [-0.2, -0.15) is 0 Å². The summed E-state index contributed by atoms with van der Waals surface area (Å²) in [6.45, 7) is 0.394. The Morgan fingerprint density at radius 2 is 1.72 bits per heavy atom. The number of thioether (sulfide) groups is 1. The molecular formula is C14H13F2NS. The normalized spacial score (nSPS) is 12.4. The van der Waals surface area contributed by atoms with Gasteiger partial charge in [0.15, 0.2) is 0 Å². The lowest BCUT2D eigenvalue weighted by molar-refractivity contribution is 0.625. The number of benzene rings is 2. The molecule has 0 bridgehead atoms. The van der Waals surface area contributed by atoms with E-state index in [1.54, 1.807) is 18.2 Å². The van der Waals surface area contributed by atoms with E-state index < -0.39 is 0 Å². The molecule has 0 aliphatic carbocycles. The summed E-state index contributed by atoms with van der Waals surface area (Å²) in [7, 11) is 0. The summed E-state index contributed by atoms with van der Waals surface area (Å²) in [5.41, 5.74) is 6.55. The molecule has 0 fully saturated rings. The molecule has 1 nitrogen and oxygen atoms in total. The van der Waals surface area contributed by atoms with Crippen LogP contribution in [0.1, 0.15) is 10.8 Å². The monoisotopic (exact) mass is 265 g/mol. The minimum atomic E-state index is -0.273. The van der Waals surface area contributed by atoms with Gasteiger partial charge in [-0.25, -0.2) is 8.78 Å². The smallest absolute Gasteiger partial charge is 0.123 e. The van der Waals surface area contributed by atoms with Crippen LogP contribution in [0.2, 0.25) is 0 Å². The Hall–Kier alpha value is -1.39. The van der Waals surface area contributed by atoms with Gasteiger partial charge in [-0.1, -0.05) is 12.1 Å². The number of halogens is 2. The van der Waals surface area contributed by atoms with Gasteiger partial charge in [-0.3, -0.25) is 0 Å². The SMILES string of the molecule is NCC(Sc1ccc(F)cc1)c1cccc(F)c1. The quantitative estimate of drug-likeness (QED) is 0.852. The highest BCUT2D eigenvalue weighted by atomic mass is 32.2. The predicted octanol–water partition coefficient (Wildman–Crippen LogP) is 3.76. The molecule has 1 unspecified atom stereocenters. The molecule has 0 amide bonds. The van der Waals surface area contributed by atoms with Gasteiger partial charge in [0, 0.05) is 16.7 Å². The molecule has 0 aliphatic rings. The molecule has 2 aromatic carbocycles. The van der Waals surface area contributed by atoms with Crippen LogP contribution in [0.5, 0.6) is 0 Å². The van der Waals surface area contributed by atoms with Crippen LogP contribution in [-0.2, 0) is 0 Å². The Morgan fingerprint density at radius 3 is 2.33 bits per heavy atom. The first-order valence-electron chi connectivity index (χ1n) is 5.57. The van der Waals surface area contributed by atoms with Crippen molar-refractivity contribution < 1.29 is 8.78 Å². The van der Waals surface area contributed by atoms with Crippen LogP contribution in [0.4, 0.5) is 8.78 Å². The number of hydrogen-bond donors (Lipinski definition) is 1. The lowest BCUT2D eigenvalue weighted by Crippen LogP contribution is -2.09. The summed E-state index contributed by atoms with van der Waals surface area (Å²) in [5, 5.41) is -0.0360. The van der Waals surface area contributed by atoms with Crippen molar-refractivity contribution >= 4 is 11.8 Å². The molecule has 0 spiro atoms. The Labute approximate surface area is 109 Å². The molecule has 1 atom stereocenters. The molecule has 2 N–H and O–H groups in total. The Bertz CT molecular complexity index is 513. The van der Waals surface area contributed by atoms with Gasteiger partial charge in [0.05, 0.1) is 0 Å². The summed E-state index contributed by atoms with van der Waals surface area (Å²) in [6.07, 6.45) is 0. The van der Waals surface area contributed by atoms with Gasteiger partial charge in [-0.15, -0.1) is 11.8 Å². The fourth-order valence-corrected chi connectivity index (χ4v) is 2.64. The van der Waals surface area contributed by atoms with Crippen molar-refractivity contribution in [3.63, 3.8) is 0 Å². The van der Waals surface area contributed by atoms with E-state index in [-0.39, 0.29) is 16.9 Å². The summed E-state index contributed by atoms with van der Waals surface area (Å²) in [5.74, 6) is -0.542. The molecule has 0 aliphatic heterocycles. The second-order valence-electron chi connectivity index (χ2n) is 3.85. The van der Waals surface area contributed by atoms with Crippen molar-refractivity contribution in [3.05, 3.63) is 65.7 Å². The third kappa shape index (κ3) is 3.31. The van der Waals surface area contributed by atoms with E-state index in [1.807, 2.05) is 6.07 Å². The maximum atomic E-state index is 13.2. The third-order valence-corrected chi connectivity index (χ3v) is 3.82. The minimum Gasteiger partial charge on any atom is -0.329 e. The molecular weight excluding hydrogens is 252 g/mol. The van der Waals surface area contributed by atoms with Gasteiger partial charge < -0.3 is 5.73 Å². The summed E-state index contributed by atoms with van der Waals surface area (Å²) < 4.78 is 26.0. The van der Waals surface area contributed by atoms with E-state index in [2.05, 4.69) is 0 Å². The highest BCUT2D eigenvalue weighted by Crippen LogP contribution is 2.34. The van der Waals surface area contributed by atoms with Crippen LogP contribution in [-0.4, -0.2) is 6.54 Å². The standard InChI is InChI=1S/C14H13F2NS/c15-11-4-6-13(7-5-11)18-14(9-17)10-2-1-3-12(16)8-10/h1-8,14H,9,17H2. The first-order valence-corrected chi connectivity index (χ1v) is 6.45. The highest BCUT2D eigenvalue weighted by Gasteiger charge is 2.12. The molecule has 18 heavy (non-hydrogen) atoms. The summed E-state index contributed by atoms with van der Waals surface area (Å²) in [6, 6.07) is 12.6. The molecule has 0 saturated heterocycles. The Morgan fingerprint density at radius 1 is 1.00 bits per heavy atom.